The molecule has 0 atom stereocenters. The molecule has 0 aliphatic carbocycles. The summed E-state index contributed by atoms with van der Waals surface area (Å²) >= 11 is 0. The van der Waals surface area contributed by atoms with E-state index in [0.717, 1.165) is 18.8 Å². The molecular weight excluding hydrogens is 312 g/mol. The van der Waals surface area contributed by atoms with Gasteiger partial charge in [-0.15, -0.1) is 0 Å². The van der Waals surface area contributed by atoms with Crippen molar-refractivity contribution in [3.05, 3.63) is 0 Å². The molecule has 0 aromatic heterocycles. The van der Waals surface area contributed by atoms with Gasteiger partial charge >= 0.3 is 5.97 Å². The van der Waals surface area contributed by atoms with Crippen molar-refractivity contribution in [2.45, 2.75) is 117 Å². The van der Waals surface area contributed by atoms with Crippen LogP contribution in [0.25, 0.3) is 0 Å². The number of aliphatic hydroxyl groups excluding tert-OH is 1. The first-order valence-electron chi connectivity index (χ1n) is 10.9. The van der Waals surface area contributed by atoms with Gasteiger partial charge in [0.2, 0.25) is 0 Å². The number of rotatable bonds is 19. The third kappa shape index (κ3) is 21.4. The van der Waals surface area contributed by atoms with E-state index in [9.17, 15) is 4.79 Å². The molecule has 0 unspecified atom stereocenters. The lowest BCUT2D eigenvalue weighted by Gasteiger charge is -2.05. The first-order chi connectivity index (χ1) is 12.2. The molecule has 0 spiro atoms. The van der Waals surface area contributed by atoms with Gasteiger partial charge in [0, 0.05) is 0 Å². The van der Waals surface area contributed by atoms with E-state index >= 15 is 0 Å². The molecule has 0 saturated heterocycles. The topological polar surface area (TPSA) is 46.5 Å². The Balaban J connectivity index is 3.02. The molecule has 1 N–H and O–H groups in total. The van der Waals surface area contributed by atoms with E-state index in [1.54, 1.807) is 0 Å². The number of carbonyl (C=O) groups excluding carboxylic acids is 1. The van der Waals surface area contributed by atoms with Gasteiger partial charge in [-0.05, 0) is 12.3 Å². The standard InChI is InChI=1S/C22H44O3/c1-21(2)18-16-14-12-10-8-6-4-3-5-7-9-11-13-15-17-19-25-22(24)20-23/h21,23H,3-20H2,1-2H3. The predicted octanol–water partition coefficient (Wildman–Crippen LogP) is 6.42. The summed E-state index contributed by atoms with van der Waals surface area (Å²) in [5, 5.41) is 8.51. The van der Waals surface area contributed by atoms with Crippen molar-refractivity contribution in [1.82, 2.24) is 0 Å². The Morgan fingerprint density at radius 1 is 0.680 bits per heavy atom. The Labute approximate surface area is 156 Å². The van der Waals surface area contributed by atoms with Crippen molar-refractivity contribution in [2.24, 2.45) is 5.92 Å². The first kappa shape index (κ1) is 24.4. The van der Waals surface area contributed by atoms with Gasteiger partial charge in [0.1, 0.15) is 6.61 Å². The van der Waals surface area contributed by atoms with E-state index in [1.165, 1.54) is 89.9 Å². The molecule has 25 heavy (non-hydrogen) atoms. The van der Waals surface area contributed by atoms with Crippen LogP contribution in [0.5, 0.6) is 0 Å². The minimum Gasteiger partial charge on any atom is -0.464 e. The fourth-order valence-electron chi connectivity index (χ4n) is 3.18. The van der Waals surface area contributed by atoms with E-state index in [-0.39, 0.29) is 0 Å². The molecule has 3 heteroatoms. The molecule has 0 saturated carbocycles. The van der Waals surface area contributed by atoms with Crippen molar-refractivity contribution in [1.29, 1.82) is 0 Å². The van der Waals surface area contributed by atoms with Crippen LogP contribution in [0.4, 0.5) is 0 Å². The summed E-state index contributed by atoms with van der Waals surface area (Å²) in [5.74, 6) is 0.364. The quantitative estimate of drug-likeness (QED) is 0.214. The van der Waals surface area contributed by atoms with Crippen molar-refractivity contribution in [2.75, 3.05) is 13.2 Å². The molecule has 0 aliphatic rings. The highest BCUT2D eigenvalue weighted by molar-refractivity contribution is 5.70. The van der Waals surface area contributed by atoms with Crippen LogP contribution in [0.3, 0.4) is 0 Å². The van der Waals surface area contributed by atoms with E-state index in [0.29, 0.717) is 6.61 Å². The summed E-state index contributed by atoms with van der Waals surface area (Å²) in [6.45, 7) is 4.59. The summed E-state index contributed by atoms with van der Waals surface area (Å²) in [7, 11) is 0. The molecule has 3 nitrogen and oxygen atoms in total. The van der Waals surface area contributed by atoms with E-state index in [1.807, 2.05) is 0 Å². The maximum absolute atomic E-state index is 10.7. The van der Waals surface area contributed by atoms with Crippen LogP contribution in [0.1, 0.15) is 117 Å². The minimum atomic E-state index is -0.508. The largest absolute Gasteiger partial charge is 0.464 e. The van der Waals surface area contributed by atoms with Crippen LogP contribution in [0.15, 0.2) is 0 Å². The van der Waals surface area contributed by atoms with Crippen molar-refractivity contribution >= 4 is 5.97 Å². The molecule has 0 amide bonds. The van der Waals surface area contributed by atoms with E-state index in [2.05, 4.69) is 13.8 Å². The van der Waals surface area contributed by atoms with Crippen LogP contribution >= 0.6 is 0 Å². The Kier molecular flexibility index (Phi) is 19.3. The number of ether oxygens (including phenoxy) is 1. The fourth-order valence-corrected chi connectivity index (χ4v) is 3.18. The summed E-state index contributed by atoms with van der Waals surface area (Å²) in [6.07, 6.45) is 21.5. The van der Waals surface area contributed by atoms with Gasteiger partial charge in [0.25, 0.3) is 0 Å². The van der Waals surface area contributed by atoms with Gasteiger partial charge in [-0.3, -0.25) is 0 Å². The average Bonchev–Trinajstić information content (AvgIpc) is 2.60. The third-order valence-electron chi connectivity index (χ3n) is 4.82. The van der Waals surface area contributed by atoms with E-state index in [4.69, 9.17) is 9.84 Å². The summed E-state index contributed by atoms with van der Waals surface area (Å²) in [5.41, 5.74) is 0. The average molecular weight is 357 g/mol. The van der Waals surface area contributed by atoms with Crippen LogP contribution < -0.4 is 0 Å². The number of aliphatic hydroxyl groups is 1. The summed E-state index contributed by atoms with van der Waals surface area (Å²) in [6, 6.07) is 0. The Morgan fingerprint density at radius 2 is 1.04 bits per heavy atom. The van der Waals surface area contributed by atoms with Gasteiger partial charge < -0.3 is 9.84 Å². The smallest absolute Gasteiger partial charge is 0.331 e. The lowest BCUT2D eigenvalue weighted by atomic mass is 10.0. The van der Waals surface area contributed by atoms with Gasteiger partial charge in [0.05, 0.1) is 6.61 Å². The maximum Gasteiger partial charge on any atom is 0.331 e. The summed E-state index contributed by atoms with van der Waals surface area (Å²) in [4.78, 5) is 10.7. The van der Waals surface area contributed by atoms with Gasteiger partial charge in [-0.25, -0.2) is 4.79 Å². The van der Waals surface area contributed by atoms with Crippen molar-refractivity contribution in [3.8, 4) is 0 Å². The Morgan fingerprint density at radius 3 is 1.40 bits per heavy atom. The molecule has 0 aromatic rings. The number of esters is 1. The van der Waals surface area contributed by atoms with Crippen LogP contribution in [0, 0.1) is 5.92 Å². The molecule has 0 fully saturated rings. The normalized spacial score (nSPS) is 11.2. The van der Waals surface area contributed by atoms with Crippen LogP contribution in [-0.2, 0) is 9.53 Å². The second-order valence-corrected chi connectivity index (χ2v) is 7.86. The number of hydrogen-bond acceptors (Lipinski definition) is 3. The predicted molar refractivity (Wildman–Crippen MR) is 107 cm³/mol. The first-order valence-corrected chi connectivity index (χ1v) is 10.9. The zero-order valence-corrected chi connectivity index (χ0v) is 17.1. The highest BCUT2D eigenvalue weighted by Gasteiger charge is 1.99. The Bertz CT molecular complexity index is 276. The zero-order chi connectivity index (χ0) is 18.6. The van der Waals surface area contributed by atoms with Gasteiger partial charge in [0.15, 0.2) is 0 Å². The monoisotopic (exact) mass is 356 g/mol. The molecule has 0 aromatic carbocycles. The summed E-state index contributed by atoms with van der Waals surface area (Å²) < 4.78 is 4.83. The molecule has 0 heterocycles. The molecule has 0 radical (unpaired) electrons. The van der Waals surface area contributed by atoms with Crippen LogP contribution in [0.2, 0.25) is 0 Å². The second-order valence-electron chi connectivity index (χ2n) is 7.86. The van der Waals surface area contributed by atoms with Gasteiger partial charge in [-0.2, -0.15) is 0 Å². The number of hydrogen-bond donors (Lipinski definition) is 1. The highest BCUT2D eigenvalue weighted by Crippen LogP contribution is 2.14. The van der Waals surface area contributed by atoms with E-state index < -0.39 is 12.6 Å². The maximum atomic E-state index is 10.7. The highest BCUT2D eigenvalue weighted by atomic mass is 16.5. The van der Waals surface area contributed by atoms with Gasteiger partial charge in [-0.1, -0.05) is 110 Å². The number of unbranched alkanes of at least 4 members (excludes halogenated alkanes) is 14. The fraction of sp³-hybridized carbons (Fsp3) is 0.955. The molecular formula is C22H44O3. The van der Waals surface area contributed by atoms with Crippen molar-refractivity contribution < 1.29 is 14.6 Å². The Hall–Kier alpha value is -0.570. The molecule has 0 bridgehead atoms. The number of carbonyl (C=O) groups is 1. The lowest BCUT2D eigenvalue weighted by Crippen LogP contribution is -2.09. The molecule has 0 rings (SSSR count). The minimum absolute atomic E-state index is 0.455. The second kappa shape index (κ2) is 19.8. The SMILES string of the molecule is CC(C)CCCCCCCCCCCCCCCCCOC(=O)CO. The lowest BCUT2D eigenvalue weighted by molar-refractivity contribution is -0.147. The third-order valence-corrected chi connectivity index (χ3v) is 4.82. The molecule has 0 aliphatic heterocycles. The molecule has 150 valence electrons. The zero-order valence-electron chi connectivity index (χ0n) is 17.1. The van der Waals surface area contributed by atoms with Crippen LogP contribution in [-0.4, -0.2) is 24.3 Å². The van der Waals surface area contributed by atoms with Crippen molar-refractivity contribution in [3.63, 3.8) is 0 Å².